The standard InChI is InChI=1S/C20H21N5O/c26-19-17(7-10-1-2-15-16(6-10)22-9-21-15)23-20(25-19)24-18-13-4-11-3-12(8-13)14(18)5-11/h1-2,6-7,9,11-14,18,26H,3-5,8H2,(H2,23,24,25)/b10-7+. The number of aromatic nitrogens is 2. The Kier molecular flexibility index (Phi) is 2.90. The third kappa shape index (κ3) is 2.14. The molecule has 2 heterocycles. The van der Waals surface area contributed by atoms with E-state index in [0.29, 0.717) is 17.7 Å². The molecule has 4 bridgehead atoms. The Morgan fingerprint density at radius 3 is 3.00 bits per heavy atom. The third-order valence-electron chi connectivity index (χ3n) is 6.78. The topological polar surface area (TPSA) is 85.7 Å². The number of aromatic amines is 1. The number of hydrogen-bond acceptors (Lipinski definition) is 5. The Morgan fingerprint density at radius 1 is 1.15 bits per heavy atom. The number of fused-ring (bicyclic) bond motifs is 1. The lowest BCUT2D eigenvalue weighted by Gasteiger charge is -2.32. The summed E-state index contributed by atoms with van der Waals surface area (Å²) in [5.41, 5.74) is 1.48. The third-order valence-corrected chi connectivity index (χ3v) is 6.78. The lowest BCUT2D eigenvalue weighted by atomic mass is 9.79. The van der Waals surface area contributed by atoms with Crippen LogP contribution in [0.4, 0.5) is 11.6 Å². The van der Waals surface area contributed by atoms with Gasteiger partial charge in [0.25, 0.3) is 0 Å². The number of hydrogen-bond donors (Lipinski definition) is 3. The largest absolute Gasteiger partial charge is 0.492 e. The first-order valence-electron chi connectivity index (χ1n) is 9.50. The second-order valence-corrected chi connectivity index (χ2v) is 8.25. The normalized spacial score (nSPS) is 33.7. The Hall–Kier alpha value is -2.63. The summed E-state index contributed by atoms with van der Waals surface area (Å²) in [5.74, 6) is 4.15. The van der Waals surface area contributed by atoms with Crippen molar-refractivity contribution in [1.82, 2.24) is 9.97 Å². The molecule has 0 amide bonds. The molecule has 5 aliphatic rings. The van der Waals surface area contributed by atoms with Crippen molar-refractivity contribution >= 4 is 24.1 Å². The average Bonchev–Trinajstić information content (AvgIpc) is 3.34. The molecule has 2 aromatic rings. The molecule has 132 valence electrons. The number of aromatic hydroxyl groups is 1. The summed E-state index contributed by atoms with van der Waals surface area (Å²) in [6, 6.07) is 6.38. The summed E-state index contributed by atoms with van der Waals surface area (Å²) >= 11 is 0. The summed E-state index contributed by atoms with van der Waals surface area (Å²) in [5, 5.41) is 15.7. The Morgan fingerprint density at radius 2 is 2.08 bits per heavy atom. The van der Waals surface area contributed by atoms with Crippen LogP contribution in [0.3, 0.4) is 0 Å². The van der Waals surface area contributed by atoms with Crippen LogP contribution in [0.5, 0.6) is 5.88 Å². The maximum Gasteiger partial charge on any atom is 0.238 e. The molecule has 0 radical (unpaired) electrons. The van der Waals surface area contributed by atoms with Crippen molar-refractivity contribution in [3.63, 3.8) is 0 Å². The number of nitrogens with one attached hydrogen (secondary N) is 2. The monoisotopic (exact) mass is 347 g/mol. The Balaban J connectivity index is 1.28. The van der Waals surface area contributed by atoms with Gasteiger partial charge in [-0.2, -0.15) is 4.98 Å². The number of anilines is 1. The fourth-order valence-electron chi connectivity index (χ4n) is 5.83. The number of rotatable bonds is 3. The minimum absolute atomic E-state index is 0.0358. The smallest absolute Gasteiger partial charge is 0.238 e. The summed E-state index contributed by atoms with van der Waals surface area (Å²) in [6.07, 6.45) is 8.98. The second kappa shape index (κ2) is 5.19. The number of aliphatic imine (C=N–C) groups is 1. The molecule has 26 heavy (non-hydrogen) atoms. The van der Waals surface area contributed by atoms with Crippen LogP contribution >= 0.6 is 0 Å². The van der Waals surface area contributed by atoms with Gasteiger partial charge in [-0.1, -0.05) is 6.07 Å². The van der Waals surface area contributed by atoms with Crippen LogP contribution in [0.15, 0.2) is 28.2 Å². The molecule has 4 saturated carbocycles. The van der Waals surface area contributed by atoms with E-state index in [1.807, 2.05) is 24.3 Å². The highest BCUT2D eigenvalue weighted by Gasteiger charge is 2.53. The molecule has 6 heteroatoms. The van der Waals surface area contributed by atoms with Gasteiger partial charge in [0.1, 0.15) is 12.0 Å². The molecule has 1 aliphatic heterocycles. The number of H-pyrrole nitrogens is 1. The zero-order valence-electron chi connectivity index (χ0n) is 14.4. The van der Waals surface area contributed by atoms with Crippen molar-refractivity contribution in [3.8, 4) is 5.88 Å². The highest BCUT2D eigenvalue weighted by atomic mass is 16.3. The van der Waals surface area contributed by atoms with E-state index in [-0.39, 0.29) is 5.88 Å². The number of benzene rings is 1. The Bertz CT molecular complexity index is 1030. The van der Waals surface area contributed by atoms with E-state index >= 15 is 0 Å². The molecule has 5 unspecified atom stereocenters. The molecule has 7 rings (SSSR count). The van der Waals surface area contributed by atoms with Gasteiger partial charge in [-0.05, 0) is 72.8 Å². The van der Waals surface area contributed by atoms with Crippen LogP contribution in [0.1, 0.15) is 31.4 Å². The zero-order chi connectivity index (χ0) is 17.3. The first-order valence-corrected chi connectivity index (χ1v) is 9.50. The zero-order valence-corrected chi connectivity index (χ0v) is 14.4. The summed E-state index contributed by atoms with van der Waals surface area (Å²) in [6.45, 7) is 0. The van der Waals surface area contributed by atoms with E-state index in [4.69, 9.17) is 0 Å². The second-order valence-electron chi connectivity index (χ2n) is 8.25. The summed E-state index contributed by atoms with van der Waals surface area (Å²) in [7, 11) is 0. The highest BCUT2D eigenvalue weighted by molar-refractivity contribution is 5.67. The summed E-state index contributed by atoms with van der Waals surface area (Å²) < 4.78 is 0. The molecule has 4 aliphatic carbocycles. The van der Waals surface area contributed by atoms with Gasteiger partial charge in [-0.3, -0.25) is 0 Å². The van der Waals surface area contributed by atoms with Crippen molar-refractivity contribution in [2.75, 3.05) is 5.32 Å². The summed E-state index contributed by atoms with van der Waals surface area (Å²) in [4.78, 5) is 16.0. The van der Waals surface area contributed by atoms with E-state index in [1.54, 1.807) is 6.34 Å². The predicted molar refractivity (Wildman–Crippen MR) is 99.0 cm³/mol. The molecule has 3 N–H and O–H groups in total. The molecule has 5 atom stereocenters. The molecule has 0 spiro atoms. The van der Waals surface area contributed by atoms with E-state index in [0.717, 1.165) is 39.9 Å². The quantitative estimate of drug-likeness (QED) is 0.795. The maximum absolute atomic E-state index is 10.3. The van der Waals surface area contributed by atoms with Crippen molar-refractivity contribution in [1.29, 1.82) is 0 Å². The van der Waals surface area contributed by atoms with Gasteiger partial charge in [0.05, 0.1) is 11.0 Å². The van der Waals surface area contributed by atoms with Crippen molar-refractivity contribution in [2.45, 2.75) is 31.7 Å². The van der Waals surface area contributed by atoms with E-state index in [9.17, 15) is 5.11 Å². The molecular weight excluding hydrogens is 326 g/mol. The number of nitrogens with zero attached hydrogens (tertiary/aromatic N) is 3. The molecule has 4 fully saturated rings. The number of imidazole rings is 1. The first kappa shape index (κ1) is 14.5. The van der Waals surface area contributed by atoms with Gasteiger partial charge in [-0.15, -0.1) is 0 Å². The van der Waals surface area contributed by atoms with Gasteiger partial charge in [0, 0.05) is 6.04 Å². The molecule has 1 aromatic carbocycles. The van der Waals surface area contributed by atoms with Crippen LogP contribution in [0, 0.1) is 23.7 Å². The SMILES string of the molecule is Oc1nc(NC2C3CC4CC(C3)C2C4)[nH]c1/C=c1\ccc2c(c1)N=CN=2. The highest BCUT2D eigenvalue weighted by Crippen LogP contribution is 2.58. The van der Waals surface area contributed by atoms with Gasteiger partial charge in [0.15, 0.2) is 0 Å². The van der Waals surface area contributed by atoms with Crippen molar-refractivity contribution in [3.05, 3.63) is 34.5 Å². The first-order chi connectivity index (χ1) is 12.7. The molecular formula is C20H21N5O. The molecule has 1 aromatic heterocycles. The van der Waals surface area contributed by atoms with Gasteiger partial charge >= 0.3 is 0 Å². The van der Waals surface area contributed by atoms with Crippen LogP contribution in [0.25, 0.3) is 6.08 Å². The van der Waals surface area contributed by atoms with Crippen LogP contribution in [0.2, 0.25) is 0 Å². The van der Waals surface area contributed by atoms with Crippen LogP contribution in [-0.4, -0.2) is 27.5 Å². The van der Waals surface area contributed by atoms with Crippen LogP contribution < -0.4 is 15.9 Å². The van der Waals surface area contributed by atoms with Crippen LogP contribution in [-0.2, 0) is 0 Å². The fraction of sp³-hybridized carbons (Fsp3) is 0.450. The van der Waals surface area contributed by atoms with E-state index in [1.165, 1.54) is 25.7 Å². The predicted octanol–water partition coefficient (Wildman–Crippen LogP) is 2.08. The van der Waals surface area contributed by atoms with Gasteiger partial charge < -0.3 is 15.4 Å². The molecule has 0 saturated heterocycles. The van der Waals surface area contributed by atoms with Crippen molar-refractivity contribution < 1.29 is 5.11 Å². The van der Waals surface area contributed by atoms with E-state index < -0.39 is 0 Å². The van der Waals surface area contributed by atoms with Crippen molar-refractivity contribution in [2.24, 2.45) is 33.7 Å². The lowest BCUT2D eigenvalue weighted by Crippen LogP contribution is -2.35. The minimum atomic E-state index is 0.0358. The van der Waals surface area contributed by atoms with E-state index in [2.05, 4.69) is 25.3 Å². The lowest BCUT2D eigenvalue weighted by molar-refractivity contribution is 0.260. The minimum Gasteiger partial charge on any atom is -0.492 e. The Labute approximate surface area is 150 Å². The van der Waals surface area contributed by atoms with Gasteiger partial charge in [-0.25, -0.2) is 9.98 Å². The fourth-order valence-corrected chi connectivity index (χ4v) is 5.83. The van der Waals surface area contributed by atoms with Gasteiger partial charge in [0.2, 0.25) is 11.8 Å². The average molecular weight is 347 g/mol. The molecule has 6 nitrogen and oxygen atoms in total. The maximum atomic E-state index is 10.3.